The maximum absolute atomic E-state index is 4.67. The quantitative estimate of drug-likeness (QED) is 0.912. The molecular formula is C13H16BrN3S. The minimum atomic E-state index is 0.801. The average Bonchev–Trinajstić information content (AvgIpc) is 2.78. The molecule has 0 fully saturated rings. The minimum Gasteiger partial charge on any atom is -0.370 e. The lowest BCUT2D eigenvalue weighted by atomic mass is 10.2. The average molecular weight is 326 g/mol. The normalized spacial score (nSPS) is 10.7. The Bertz CT molecular complexity index is 551. The van der Waals surface area contributed by atoms with Crippen molar-refractivity contribution < 1.29 is 0 Å². The van der Waals surface area contributed by atoms with Crippen molar-refractivity contribution in [2.45, 2.75) is 27.2 Å². The second kappa shape index (κ2) is 5.80. The Balaban J connectivity index is 2.55. The molecule has 0 atom stereocenters. The molecule has 1 N–H and O–H groups in total. The van der Waals surface area contributed by atoms with Crippen molar-refractivity contribution in [3.8, 4) is 10.7 Å². The van der Waals surface area contributed by atoms with Gasteiger partial charge in [0.05, 0.1) is 4.88 Å². The highest BCUT2D eigenvalue weighted by molar-refractivity contribution is 9.10. The Labute approximate surface area is 120 Å². The molecule has 0 amide bonds. The molecular weight excluding hydrogens is 310 g/mol. The highest BCUT2D eigenvalue weighted by Crippen LogP contribution is 2.32. The second-order valence-electron chi connectivity index (χ2n) is 3.95. The number of nitrogens with zero attached hydrogens (tertiary/aromatic N) is 2. The van der Waals surface area contributed by atoms with E-state index in [0.717, 1.165) is 45.2 Å². The molecule has 0 aliphatic rings. The van der Waals surface area contributed by atoms with E-state index in [2.05, 4.69) is 52.0 Å². The van der Waals surface area contributed by atoms with Gasteiger partial charge in [-0.3, -0.25) is 0 Å². The molecule has 2 heterocycles. The van der Waals surface area contributed by atoms with Gasteiger partial charge in [-0.15, -0.1) is 11.3 Å². The highest BCUT2D eigenvalue weighted by Gasteiger charge is 2.13. The first-order valence-corrected chi connectivity index (χ1v) is 7.69. The zero-order valence-electron chi connectivity index (χ0n) is 10.7. The van der Waals surface area contributed by atoms with Crippen LogP contribution in [0.5, 0.6) is 0 Å². The van der Waals surface area contributed by atoms with Crippen molar-refractivity contribution in [1.82, 2.24) is 9.97 Å². The molecule has 0 unspecified atom stereocenters. The van der Waals surface area contributed by atoms with Crippen LogP contribution in [0.15, 0.2) is 15.9 Å². The maximum Gasteiger partial charge on any atom is 0.173 e. The standard InChI is InChI=1S/C13H16BrN3S/c1-4-10-8(3)12(15-5-2)17-13(16-10)11-9(14)6-7-18-11/h6-7H,4-5H2,1-3H3,(H,15,16,17). The summed E-state index contributed by atoms with van der Waals surface area (Å²) < 4.78 is 1.06. The molecule has 0 spiro atoms. The van der Waals surface area contributed by atoms with Gasteiger partial charge in [0.2, 0.25) is 0 Å². The number of hydrogen-bond acceptors (Lipinski definition) is 4. The maximum atomic E-state index is 4.67. The molecule has 0 bridgehead atoms. The van der Waals surface area contributed by atoms with Crippen LogP contribution in [0.4, 0.5) is 5.82 Å². The van der Waals surface area contributed by atoms with Gasteiger partial charge in [-0.2, -0.15) is 0 Å². The SMILES string of the molecule is CCNc1nc(-c2sccc2Br)nc(CC)c1C. The van der Waals surface area contributed by atoms with E-state index in [1.165, 1.54) is 0 Å². The summed E-state index contributed by atoms with van der Waals surface area (Å²) in [6.45, 7) is 7.14. The number of aromatic nitrogens is 2. The summed E-state index contributed by atoms with van der Waals surface area (Å²) in [5.74, 6) is 1.75. The first-order chi connectivity index (χ1) is 8.67. The van der Waals surface area contributed by atoms with Crippen LogP contribution in [-0.4, -0.2) is 16.5 Å². The topological polar surface area (TPSA) is 37.8 Å². The molecule has 3 nitrogen and oxygen atoms in total. The van der Waals surface area contributed by atoms with Crippen LogP contribution in [0, 0.1) is 6.92 Å². The van der Waals surface area contributed by atoms with Crippen LogP contribution >= 0.6 is 27.3 Å². The van der Waals surface area contributed by atoms with Crippen LogP contribution < -0.4 is 5.32 Å². The number of anilines is 1. The molecule has 0 saturated heterocycles. The molecule has 0 aliphatic carbocycles. The third kappa shape index (κ3) is 2.57. The Morgan fingerprint density at radius 1 is 1.33 bits per heavy atom. The summed E-state index contributed by atoms with van der Waals surface area (Å²) in [6.07, 6.45) is 0.919. The van der Waals surface area contributed by atoms with Crippen molar-refractivity contribution >= 4 is 33.1 Å². The Hall–Kier alpha value is -0.940. The smallest absolute Gasteiger partial charge is 0.173 e. The fraction of sp³-hybridized carbons (Fsp3) is 0.385. The third-order valence-corrected chi connectivity index (χ3v) is 4.58. The van der Waals surface area contributed by atoms with Crippen molar-refractivity contribution in [3.63, 3.8) is 0 Å². The fourth-order valence-electron chi connectivity index (χ4n) is 1.80. The predicted molar refractivity (Wildman–Crippen MR) is 81.3 cm³/mol. The first-order valence-electron chi connectivity index (χ1n) is 6.02. The lowest BCUT2D eigenvalue weighted by Gasteiger charge is -2.11. The number of nitrogens with one attached hydrogen (secondary N) is 1. The van der Waals surface area contributed by atoms with Crippen LogP contribution in [-0.2, 0) is 6.42 Å². The summed E-state index contributed by atoms with van der Waals surface area (Å²) in [5.41, 5.74) is 2.26. The van der Waals surface area contributed by atoms with Crippen LogP contribution in [0.2, 0.25) is 0 Å². The second-order valence-corrected chi connectivity index (χ2v) is 5.72. The zero-order chi connectivity index (χ0) is 13.1. The van der Waals surface area contributed by atoms with Crippen molar-refractivity contribution in [2.75, 3.05) is 11.9 Å². The van der Waals surface area contributed by atoms with Gasteiger partial charge in [-0.05, 0) is 47.6 Å². The molecule has 0 aromatic carbocycles. The van der Waals surface area contributed by atoms with E-state index in [1.54, 1.807) is 11.3 Å². The van der Waals surface area contributed by atoms with Gasteiger partial charge in [0.15, 0.2) is 5.82 Å². The Morgan fingerprint density at radius 3 is 2.67 bits per heavy atom. The molecule has 5 heteroatoms. The summed E-state index contributed by atoms with van der Waals surface area (Å²) in [4.78, 5) is 10.4. The van der Waals surface area contributed by atoms with Crippen molar-refractivity contribution in [2.24, 2.45) is 0 Å². The van der Waals surface area contributed by atoms with Crippen molar-refractivity contribution in [3.05, 3.63) is 27.2 Å². The number of thiophene rings is 1. The molecule has 0 saturated carbocycles. The van der Waals surface area contributed by atoms with Gasteiger partial charge in [0, 0.05) is 22.3 Å². The van der Waals surface area contributed by atoms with Gasteiger partial charge in [0.25, 0.3) is 0 Å². The Kier molecular flexibility index (Phi) is 4.35. The lowest BCUT2D eigenvalue weighted by Crippen LogP contribution is -2.07. The van der Waals surface area contributed by atoms with Gasteiger partial charge >= 0.3 is 0 Å². The van der Waals surface area contributed by atoms with E-state index >= 15 is 0 Å². The molecule has 2 aromatic rings. The predicted octanol–water partition coefficient (Wildman–Crippen LogP) is 4.27. The Morgan fingerprint density at radius 2 is 2.11 bits per heavy atom. The third-order valence-electron chi connectivity index (χ3n) is 2.75. The summed E-state index contributed by atoms with van der Waals surface area (Å²) in [5, 5.41) is 5.35. The summed E-state index contributed by atoms with van der Waals surface area (Å²) in [7, 11) is 0. The highest BCUT2D eigenvalue weighted by atomic mass is 79.9. The van der Waals surface area contributed by atoms with Gasteiger partial charge in [0.1, 0.15) is 5.82 Å². The van der Waals surface area contributed by atoms with E-state index in [4.69, 9.17) is 0 Å². The van der Waals surface area contributed by atoms with E-state index < -0.39 is 0 Å². The van der Waals surface area contributed by atoms with E-state index in [9.17, 15) is 0 Å². The van der Waals surface area contributed by atoms with E-state index in [0.29, 0.717) is 0 Å². The molecule has 96 valence electrons. The number of hydrogen-bond donors (Lipinski definition) is 1. The first kappa shape index (κ1) is 13.5. The number of aryl methyl sites for hydroxylation is 1. The molecule has 0 aliphatic heterocycles. The summed E-state index contributed by atoms with van der Waals surface area (Å²) in [6, 6.07) is 2.03. The van der Waals surface area contributed by atoms with Gasteiger partial charge in [-0.1, -0.05) is 6.92 Å². The van der Waals surface area contributed by atoms with Crippen LogP contribution in [0.1, 0.15) is 25.1 Å². The number of halogens is 1. The number of rotatable bonds is 4. The van der Waals surface area contributed by atoms with Gasteiger partial charge in [-0.25, -0.2) is 9.97 Å². The lowest BCUT2D eigenvalue weighted by molar-refractivity contribution is 0.972. The molecule has 18 heavy (non-hydrogen) atoms. The minimum absolute atomic E-state index is 0.801. The monoisotopic (exact) mass is 325 g/mol. The molecule has 2 rings (SSSR count). The zero-order valence-corrected chi connectivity index (χ0v) is 13.2. The van der Waals surface area contributed by atoms with E-state index in [-0.39, 0.29) is 0 Å². The molecule has 2 aromatic heterocycles. The van der Waals surface area contributed by atoms with Gasteiger partial charge < -0.3 is 5.32 Å². The van der Waals surface area contributed by atoms with Crippen LogP contribution in [0.3, 0.4) is 0 Å². The summed E-state index contributed by atoms with van der Waals surface area (Å²) >= 11 is 5.20. The molecule has 0 radical (unpaired) electrons. The van der Waals surface area contributed by atoms with E-state index in [1.807, 2.05) is 11.4 Å². The van der Waals surface area contributed by atoms with Crippen molar-refractivity contribution in [1.29, 1.82) is 0 Å². The van der Waals surface area contributed by atoms with Crippen LogP contribution in [0.25, 0.3) is 10.7 Å². The largest absolute Gasteiger partial charge is 0.370 e. The fourth-order valence-corrected chi connectivity index (χ4v) is 3.28.